The zero-order valence-corrected chi connectivity index (χ0v) is 18.3. The van der Waals surface area contributed by atoms with E-state index >= 15 is 0 Å². The minimum absolute atomic E-state index is 0.195. The summed E-state index contributed by atoms with van der Waals surface area (Å²) in [5.74, 6) is 0.770. The van der Waals surface area contributed by atoms with Crippen LogP contribution < -0.4 is 5.73 Å². The molecule has 1 unspecified atom stereocenters. The van der Waals surface area contributed by atoms with Gasteiger partial charge in [0, 0.05) is 25.2 Å². The second kappa shape index (κ2) is 9.20. The van der Waals surface area contributed by atoms with Crippen LogP contribution >= 0.6 is 0 Å². The number of hydrogen-bond acceptors (Lipinski definition) is 4. The van der Waals surface area contributed by atoms with E-state index in [1.54, 1.807) is 0 Å². The summed E-state index contributed by atoms with van der Waals surface area (Å²) in [6, 6.07) is 33.1. The van der Waals surface area contributed by atoms with E-state index in [2.05, 4.69) is 65.6 Å². The Labute approximate surface area is 194 Å². The molecule has 4 heteroatoms. The molecule has 0 saturated heterocycles. The molecule has 0 saturated carbocycles. The molecule has 162 valence electrons. The quantitative estimate of drug-likeness (QED) is 0.605. The minimum atomic E-state index is -0.224. The van der Waals surface area contributed by atoms with Crippen LogP contribution in [0.2, 0.25) is 0 Å². The number of rotatable bonds is 4. The van der Waals surface area contributed by atoms with Crippen LogP contribution in [0.25, 0.3) is 6.08 Å². The van der Waals surface area contributed by atoms with E-state index < -0.39 is 0 Å². The zero-order chi connectivity index (χ0) is 22.6. The maximum Gasteiger partial charge on any atom is 0.205 e. The van der Waals surface area contributed by atoms with Crippen molar-refractivity contribution in [3.63, 3.8) is 0 Å². The Morgan fingerprint density at radius 3 is 2.21 bits per heavy atom. The van der Waals surface area contributed by atoms with Crippen LogP contribution in [0.5, 0.6) is 0 Å². The van der Waals surface area contributed by atoms with Crippen molar-refractivity contribution < 1.29 is 4.74 Å². The van der Waals surface area contributed by atoms with E-state index in [-0.39, 0.29) is 11.8 Å². The fourth-order valence-corrected chi connectivity index (χ4v) is 4.67. The van der Waals surface area contributed by atoms with Crippen molar-refractivity contribution in [2.75, 3.05) is 13.1 Å². The highest BCUT2D eigenvalue weighted by Gasteiger charge is 2.37. The fraction of sp³-hybridized carbons (Fsp3) is 0.138. The van der Waals surface area contributed by atoms with Crippen molar-refractivity contribution in [2.45, 2.75) is 12.5 Å². The topological polar surface area (TPSA) is 62.3 Å². The summed E-state index contributed by atoms with van der Waals surface area (Å²) in [4.78, 5) is 2.40. The van der Waals surface area contributed by atoms with Crippen molar-refractivity contribution in [1.82, 2.24) is 4.90 Å². The Hall–Kier alpha value is -4.07. The molecular weight excluding hydrogens is 406 g/mol. The third-order valence-electron chi connectivity index (χ3n) is 6.13. The van der Waals surface area contributed by atoms with Gasteiger partial charge in [0.05, 0.1) is 5.92 Å². The van der Waals surface area contributed by atoms with Crippen LogP contribution in [0.15, 0.2) is 119 Å². The highest BCUT2D eigenvalue weighted by atomic mass is 16.5. The summed E-state index contributed by atoms with van der Waals surface area (Å²) in [6.07, 6.45) is 2.17. The number of hydrogen-bond donors (Lipinski definition) is 1. The van der Waals surface area contributed by atoms with Gasteiger partial charge < -0.3 is 10.5 Å². The molecule has 5 rings (SSSR count). The summed E-state index contributed by atoms with van der Waals surface area (Å²) in [7, 11) is 0. The van der Waals surface area contributed by atoms with Crippen LogP contribution in [-0.4, -0.2) is 18.0 Å². The van der Waals surface area contributed by atoms with Crippen molar-refractivity contribution in [3.8, 4) is 6.07 Å². The van der Waals surface area contributed by atoms with E-state index in [0.29, 0.717) is 12.1 Å². The smallest absolute Gasteiger partial charge is 0.205 e. The molecule has 2 heterocycles. The Morgan fingerprint density at radius 1 is 0.909 bits per heavy atom. The van der Waals surface area contributed by atoms with Gasteiger partial charge >= 0.3 is 0 Å². The Bertz CT molecular complexity index is 1270. The van der Waals surface area contributed by atoms with Crippen LogP contribution in [0.3, 0.4) is 0 Å². The lowest BCUT2D eigenvalue weighted by atomic mass is 9.80. The molecular formula is C29H25N3O. The molecule has 0 aromatic heterocycles. The average Bonchev–Trinajstić information content (AvgIpc) is 2.85. The van der Waals surface area contributed by atoms with Crippen LogP contribution in [0.4, 0.5) is 0 Å². The number of ether oxygens (including phenoxy) is 1. The highest BCUT2D eigenvalue weighted by molar-refractivity contribution is 5.63. The molecule has 3 aromatic carbocycles. The molecule has 0 fully saturated rings. The minimum Gasteiger partial charge on any atom is -0.440 e. The van der Waals surface area contributed by atoms with Gasteiger partial charge in [0.15, 0.2) is 0 Å². The summed E-state index contributed by atoms with van der Waals surface area (Å²) in [5, 5.41) is 9.97. The highest BCUT2D eigenvalue weighted by Crippen LogP contribution is 2.43. The van der Waals surface area contributed by atoms with Gasteiger partial charge in [-0.05, 0) is 28.3 Å². The summed E-state index contributed by atoms with van der Waals surface area (Å²) < 4.78 is 6.15. The zero-order valence-electron chi connectivity index (χ0n) is 18.3. The first-order valence-electron chi connectivity index (χ1n) is 11.1. The first kappa shape index (κ1) is 20.8. The van der Waals surface area contributed by atoms with E-state index in [4.69, 9.17) is 10.5 Å². The first-order valence-corrected chi connectivity index (χ1v) is 11.1. The molecule has 1 atom stereocenters. The molecule has 2 N–H and O–H groups in total. The molecule has 2 aliphatic heterocycles. The second-order valence-corrected chi connectivity index (χ2v) is 8.40. The predicted molar refractivity (Wildman–Crippen MR) is 130 cm³/mol. The van der Waals surface area contributed by atoms with Gasteiger partial charge in [0.25, 0.3) is 0 Å². The molecule has 4 nitrogen and oxygen atoms in total. The number of allylic oxidation sites excluding steroid dienone is 1. The van der Waals surface area contributed by atoms with Crippen LogP contribution in [0.1, 0.15) is 22.6 Å². The van der Waals surface area contributed by atoms with E-state index in [1.165, 1.54) is 5.56 Å². The molecule has 2 aliphatic rings. The molecule has 0 aliphatic carbocycles. The number of nitriles is 1. The molecule has 0 spiro atoms. The van der Waals surface area contributed by atoms with Gasteiger partial charge in [-0.25, -0.2) is 0 Å². The van der Waals surface area contributed by atoms with Gasteiger partial charge in [-0.3, -0.25) is 4.90 Å². The number of benzene rings is 3. The predicted octanol–water partition coefficient (Wildman–Crippen LogP) is 5.35. The van der Waals surface area contributed by atoms with Crippen molar-refractivity contribution >= 4 is 6.08 Å². The molecule has 33 heavy (non-hydrogen) atoms. The maximum absolute atomic E-state index is 9.97. The first-order chi connectivity index (χ1) is 16.2. The second-order valence-electron chi connectivity index (χ2n) is 8.40. The van der Waals surface area contributed by atoms with Crippen molar-refractivity contribution in [1.29, 1.82) is 5.26 Å². The lowest BCUT2D eigenvalue weighted by molar-refractivity contribution is 0.230. The van der Waals surface area contributed by atoms with Gasteiger partial charge in [-0.2, -0.15) is 5.26 Å². The van der Waals surface area contributed by atoms with Crippen molar-refractivity contribution in [2.24, 2.45) is 5.73 Å². The summed E-state index contributed by atoms with van der Waals surface area (Å²) in [6.45, 7) is 2.25. The number of nitrogens with zero attached hydrogens (tertiary/aromatic N) is 2. The molecule has 0 amide bonds. The lowest BCUT2D eigenvalue weighted by Crippen LogP contribution is -2.37. The lowest BCUT2D eigenvalue weighted by Gasteiger charge is -2.38. The summed E-state index contributed by atoms with van der Waals surface area (Å²) in [5.41, 5.74) is 12.3. The van der Waals surface area contributed by atoms with E-state index in [1.807, 2.05) is 42.5 Å². The average molecular weight is 432 g/mol. The Morgan fingerprint density at radius 2 is 1.55 bits per heavy atom. The number of nitrogens with two attached hydrogens (primary N) is 1. The van der Waals surface area contributed by atoms with E-state index in [0.717, 1.165) is 41.1 Å². The van der Waals surface area contributed by atoms with Gasteiger partial charge in [0.1, 0.15) is 17.4 Å². The third-order valence-corrected chi connectivity index (χ3v) is 6.13. The Balaban J connectivity index is 1.62. The van der Waals surface area contributed by atoms with Crippen LogP contribution in [-0.2, 0) is 11.3 Å². The Kier molecular flexibility index (Phi) is 5.80. The van der Waals surface area contributed by atoms with Crippen molar-refractivity contribution in [3.05, 3.63) is 136 Å². The largest absolute Gasteiger partial charge is 0.440 e. The molecule has 0 bridgehead atoms. The third kappa shape index (κ3) is 4.32. The summed E-state index contributed by atoms with van der Waals surface area (Å²) >= 11 is 0. The molecule has 0 radical (unpaired) electrons. The molecule has 3 aromatic rings. The standard InChI is InChI=1S/C29H25N3O/c30-17-25-27(23-14-8-3-9-15-23)26-20-32(18-22-12-6-2-7-13-22)19-24(28(26)33-29(25)31)16-21-10-4-1-5-11-21/h1-16,27H,18-20,31H2. The SMILES string of the molecule is N#CC1=C(N)OC2=C(CN(Cc3ccccc3)CC2=Cc2ccccc2)C1c1ccccc1. The fourth-order valence-electron chi connectivity index (χ4n) is 4.67. The van der Waals surface area contributed by atoms with E-state index in [9.17, 15) is 5.26 Å². The van der Waals surface area contributed by atoms with Gasteiger partial charge in [-0.1, -0.05) is 91.0 Å². The van der Waals surface area contributed by atoms with Gasteiger partial charge in [-0.15, -0.1) is 0 Å². The van der Waals surface area contributed by atoms with Crippen LogP contribution in [0, 0.1) is 11.3 Å². The normalized spacial score (nSPS) is 19.7. The maximum atomic E-state index is 9.97. The monoisotopic (exact) mass is 431 g/mol. The van der Waals surface area contributed by atoms with Gasteiger partial charge in [0.2, 0.25) is 5.88 Å².